The number of rotatable bonds is 10. The number of hydrogen-bond donors (Lipinski definition) is 2. The molecular weight excluding hydrogens is 360 g/mol. The van der Waals surface area contributed by atoms with Crippen molar-refractivity contribution in [3.8, 4) is 5.75 Å². The minimum absolute atomic E-state index is 0.0407. The smallest absolute Gasteiger partial charge is 0.243 e. The zero-order valence-corrected chi connectivity index (χ0v) is 17.1. The first-order valence-corrected chi connectivity index (χ1v) is 9.59. The molecule has 1 amide bonds. The second kappa shape index (κ2) is 12.2. The molecule has 156 valence electrons. The highest BCUT2D eigenvalue weighted by atomic mass is 16.5. The molecule has 0 aromatic heterocycles. The number of ether oxygens (including phenoxy) is 3. The van der Waals surface area contributed by atoms with Crippen LogP contribution in [0.4, 0.5) is 0 Å². The highest BCUT2D eigenvalue weighted by Gasteiger charge is 2.16. The van der Waals surface area contributed by atoms with E-state index in [1.807, 2.05) is 24.3 Å². The number of hydrogen-bond acceptors (Lipinski definition) is 5. The van der Waals surface area contributed by atoms with E-state index in [1.165, 1.54) is 4.90 Å². The molecule has 8 nitrogen and oxygen atoms in total. The maximum atomic E-state index is 11.8. The van der Waals surface area contributed by atoms with Gasteiger partial charge in [-0.1, -0.05) is 12.1 Å². The fourth-order valence-electron chi connectivity index (χ4n) is 2.60. The van der Waals surface area contributed by atoms with Crippen molar-refractivity contribution in [2.45, 2.75) is 13.0 Å². The average molecular weight is 393 g/mol. The molecule has 0 radical (unpaired) electrons. The fraction of sp³-hybridized carbons (Fsp3) is 0.600. The molecule has 1 fully saturated rings. The normalized spacial score (nSPS) is 16.7. The Bertz CT molecular complexity index is 613. The van der Waals surface area contributed by atoms with E-state index in [2.05, 4.69) is 15.6 Å². The highest BCUT2D eigenvalue weighted by molar-refractivity contribution is 5.84. The molecule has 1 saturated heterocycles. The van der Waals surface area contributed by atoms with Gasteiger partial charge in [-0.2, -0.15) is 0 Å². The van der Waals surface area contributed by atoms with Gasteiger partial charge in [-0.05, 0) is 24.1 Å². The van der Waals surface area contributed by atoms with E-state index in [0.717, 1.165) is 37.5 Å². The molecule has 0 bridgehead atoms. The first-order valence-electron chi connectivity index (χ1n) is 9.59. The van der Waals surface area contributed by atoms with Crippen LogP contribution < -0.4 is 15.4 Å². The number of amides is 1. The number of likely N-dealkylation sites (N-methyl/N-ethyl adjacent to an activating group) is 1. The van der Waals surface area contributed by atoms with Crippen molar-refractivity contribution in [3.63, 3.8) is 0 Å². The summed E-state index contributed by atoms with van der Waals surface area (Å²) >= 11 is 0. The molecule has 2 rings (SSSR count). The van der Waals surface area contributed by atoms with Gasteiger partial charge in [0.1, 0.15) is 12.3 Å². The number of nitrogens with zero attached hydrogens (tertiary/aromatic N) is 2. The summed E-state index contributed by atoms with van der Waals surface area (Å²) in [4.78, 5) is 17.7. The average Bonchev–Trinajstić information content (AvgIpc) is 3.23. The molecule has 0 spiro atoms. The Labute approximate surface area is 167 Å². The summed E-state index contributed by atoms with van der Waals surface area (Å²) in [6.07, 6.45) is 1.04. The van der Waals surface area contributed by atoms with E-state index >= 15 is 0 Å². The van der Waals surface area contributed by atoms with Crippen molar-refractivity contribution in [1.82, 2.24) is 15.5 Å². The van der Waals surface area contributed by atoms with Crippen molar-refractivity contribution in [2.24, 2.45) is 10.9 Å². The minimum atomic E-state index is -0.0407. The van der Waals surface area contributed by atoms with Crippen LogP contribution in [0.25, 0.3) is 0 Å². The highest BCUT2D eigenvalue weighted by Crippen LogP contribution is 2.12. The summed E-state index contributed by atoms with van der Waals surface area (Å²) < 4.78 is 16.3. The Morgan fingerprint density at radius 3 is 2.71 bits per heavy atom. The second-order valence-corrected chi connectivity index (χ2v) is 6.89. The van der Waals surface area contributed by atoms with Gasteiger partial charge in [-0.15, -0.1) is 0 Å². The van der Waals surface area contributed by atoms with Gasteiger partial charge < -0.3 is 29.7 Å². The lowest BCUT2D eigenvalue weighted by atomic mass is 10.1. The topological polar surface area (TPSA) is 84.4 Å². The SMILES string of the molecule is COc1ccc(COCCNC(=NCC(=O)N(C)C)NCC2CCOC2)cc1. The molecule has 1 aliphatic rings. The third-order valence-electron chi connectivity index (χ3n) is 4.42. The van der Waals surface area contributed by atoms with Crippen LogP contribution in [-0.4, -0.2) is 77.4 Å². The maximum Gasteiger partial charge on any atom is 0.243 e. The van der Waals surface area contributed by atoms with Crippen LogP contribution in [-0.2, 0) is 20.9 Å². The van der Waals surface area contributed by atoms with Crippen molar-refractivity contribution in [1.29, 1.82) is 0 Å². The molecule has 8 heteroatoms. The Morgan fingerprint density at radius 2 is 2.07 bits per heavy atom. The van der Waals surface area contributed by atoms with Crippen molar-refractivity contribution >= 4 is 11.9 Å². The van der Waals surface area contributed by atoms with Crippen LogP contribution >= 0.6 is 0 Å². The molecule has 0 saturated carbocycles. The van der Waals surface area contributed by atoms with Gasteiger partial charge in [0.2, 0.25) is 5.91 Å². The number of carbonyl (C=O) groups excluding carboxylic acids is 1. The molecular formula is C20H32N4O4. The molecule has 1 heterocycles. The predicted octanol–water partition coefficient (Wildman–Crippen LogP) is 0.872. The Hall–Kier alpha value is -2.32. The summed E-state index contributed by atoms with van der Waals surface area (Å²) in [7, 11) is 5.10. The first-order chi connectivity index (χ1) is 13.6. The van der Waals surface area contributed by atoms with Gasteiger partial charge in [0.05, 0.1) is 26.9 Å². The molecule has 1 aromatic carbocycles. The van der Waals surface area contributed by atoms with Crippen LogP contribution in [0, 0.1) is 5.92 Å². The van der Waals surface area contributed by atoms with Crippen LogP contribution in [0.3, 0.4) is 0 Å². The predicted molar refractivity (Wildman–Crippen MR) is 109 cm³/mol. The fourth-order valence-corrected chi connectivity index (χ4v) is 2.60. The molecule has 0 aliphatic carbocycles. The van der Waals surface area contributed by atoms with Gasteiger partial charge >= 0.3 is 0 Å². The summed E-state index contributed by atoms with van der Waals surface area (Å²) in [6.45, 7) is 4.11. The summed E-state index contributed by atoms with van der Waals surface area (Å²) in [5.74, 6) is 1.89. The van der Waals surface area contributed by atoms with E-state index in [4.69, 9.17) is 14.2 Å². The monoisotopic (exact) mass is 392 g/mol. The van der Waals surface area contributed by atoms with Gasteiger partial charge in [-0.3, -0.25) is 4.79 Å². The lowest BCUT2D eigenvalue weighted by Gasteiger charge is -2.16. The van der Waals surface area contributed by atoms with E-state index in [1.54, 1.807) is 21.2 Å². The lowest BCUT2D eigenvalue weighted by Crippen LogP contribution is -2.42. The van der Waals surface area contributed by atoms with Crippen LogP contribution in [0.1, 0.15) is 12.0 Å². The molecule has 1 aliphatic heterocycles. The summed E-state index contributed by atoms with van der Waals surface area (Å²) in [5, 5.41) is 6.52. The van der Waals surface area contributed by atoms with E-state index in [-0.39, 0.29) is 12.5 Å². The van der Waals surface area contributed by atoms with E-state index in [9.17, 15) is 4.79 Å². The van der Waals surface area contributed by atoms with Crippen molar-refractivity contribution in [3.05, 3.63) is 29.8 Å². The standard InChI is InChI=1S/C20H32N4O4/c1-24(2)19(25)13-23-20(22-12-17-8-10-27-15-17)21-9-11-28-14-16-4-6-18(26-3)7-5-16/h4-7,17H,8-15H2,1-3H3,(H2,21,22,23). The lowest BCUT2D eigenvalue weighted by molar-refractivity contribution is -0.127. The molecule has 1 aromatic rings. The van der Waals surface area contributed by atoms with E-state index < -0.39 is 0 Å². The van der Waals surface area contributed by atoms with Gasteiger partial charge in [-0.25, -0.2) is 4.99 Å². The minimum Gasteiger partial charge on any atom is -0.497 e. The van der Waals surface area contributed by atoms with Gasteiger partial charge in [0.25, 0.3) is 0 Å². The third-order valence-corrected chi connectivity index (χ3v) is 4.42. The Balaban J connectivity index is 1.72. The number of carbonyl (C=O) groups is 1. The quantitative estimate of drug-likeness (QED) is 0.349. The summed E-state index contributed by atoms with van der Waals surface area (Å²) in [5.41, 5.74) is 1.09. The Kier molecular flexibility index (Phi) is 9.57. The number of benzene rings is 1. The molecule has 2 N–H and O–H groups in total. The summed E-state index contributed by atoms with van der Waals surface area (Å²) in [6, 6.07) is 7.80. The molecule has 1 unspecified atom stereocenters. The number of aliphatic imine (C=N–C) groups is 1. The van der Waals surface area contributed by atoms with Gasteiger partial charge in [0, 0.05) is 39.7 Å². The van der Waals surface area contributed by atoms with Crippen LogP contribution in [0.15, 0.2) is 29.3 Å². The maximum absolute atomic E-state index is 11.8. The van der Waals surface area contributed by atoms with Crippen LogP contribution in [0.2, 0.25) is 0 Å². The van der Waals surface area contributed by atoms with Gasteiger partial charge in [0.15, 0.2) is 5.96 Å². The van der Waals surface area contributed by atoms with E-state index in [0.29, 0.717) is 31.6 Å². The molecule has 1 atom stereocenters. The number of nitrogens with one attached hydrogen (secondary N) is 2. The first kappa shape index (κ1) is 22.0. The largest absolute Gasteiger partial charge is 0.497 e. The second-order valence-electron chi connectivity index (χ2n) is 6.89. The Morgan fingerprint density at radius 1 is 1.29 bits per heavy atom. The zero-order valence-electron chi connectivity index (χ0n) is 17.1. The number of guanidine groups is 1. The van der Waals surface area contributed by atoms with Crippen LogP contribution in [0.5, 0.6) is 5.75 Å². The number of methoxy groups -OCH3 is 1. The van der Waals surface area contributed by atoms with Crippen molar-refractivity contribution < 1.29 is 19.0 Å². The van der Waals surface area contributed by atoms with Crippen molar-refractivity contribution in [2.75, 3.05) is 60.7 Å². The third kappa shape index (κ3) is 8.14. The zero-order chi connectivity index (χ0) is 20.2. The molecule has 28 heavy (non-hydrogen) atoms.